The molecule has 26 heteroatoms. The topological polar surface area (TPSA) is 296 Å². The summed E-state index contributed by atoms with van der Waals surface area (Å²) in [5.74, 6) is -0.832. The smallest absolute Gasteiger partial charge is 0.747 e. The van der Waals surface area contributed by atoms with E-state index in [1.165, 1.54) is 66.7 Å². The van der Waals surface area contributed by atoms with Crippen molar-refractivity contribution in [1.29, 1.82) is 0 Å². The van der Waals surface area contributed by atoms with Gasteiger partial charge in [0, 0.05) is 16.5 Å². The molecule has 0 bridgehead atoms. The van der Waals surface area contributed by atoms with Crippen LogP contribution in [0.3, 0.4) is 0 Å². The minimum atomic E-state index is -5.19. The SMILES string of the molecule is O=S(=O)([O-])CNc1ccc(N=Nc2ccc(/C=C/c3ccc(-n4nc5cc(S(=O)(=O)[O-])c6ccccc6c5n4)cc3S(=O)(=O)[O-])c(S(=O)(=O)[O-])c2)cc1.[Na+].[Na+].[Na+].[Na+]. The minimum absolute atomic E-state index is 0. The fraction of sp³-hybridized carbons (Fsp3) is 0.0323. The number of aromatic nitrogens is 3. The Labute approximate surface area is 414 Å². The summed E-state index contributed by atoms with van der Waals surface area (Å²) < 4.78 is 142. The molecule has 1 heterocycles. The number of hydrogen-bond donors (Lipinski definition) is 1. The molecule has 0 aliphatic carbocycles. The first kappa shape index (κ1) is 51.7. The quantitative estimate of drug-likeness (QED) is 0.0547. The van der Waals surface area contributed by atoms with Crippen molar-refractivity contribution in [2.75, 3.05) is 11.2 Å². The average molecular weight is 889 g/mol. The Kier molecular flexibility index (Phi) is 18.5. The third kappa shape index (κ3) is 13.0. The maximum absolute atomic E-state index is 12.4. The van der Waals surface area contributed by atoms with Gasteiger partial charge in [0.25, 0.3) is 0 Å². The molecule has 274 valence electrons. The summed E-state index contributed by atoms with van der Waals surface area (Å²) in [6.07, 6.45) is 2.19. The van der Waals surface area contributed by atoms with Gasteiger partial charge in [-0.1, -0.05) is 48.6 Å². The third-order valence-electron chi connectivity index (χ3n) is 7.43. The van der Waals surface area contributed by atoms with E-state index in [4.69, 9.17) is 0 Å². The van der Waals surface area contributed by atoms with Crippen molar-refractivity contribution in [3.8, 4) is 5.69 Å². The van der Waals surface area contributed by atoms with Crippen LogP contribution < -0.4 is 124 Å². The maximum Gasteiger partial charge on any atom is 1.00 e. The van der Waals surface area contributed by atoms with Gasteiger partial charge >= 0.3 is 118 Å². The predicted molar refractivity (Wildman–Crippen MR) is 184 cm³/mol. The average Bonchev–Trinajstić information content (AvgIpc) is 3.52. The Bertz CT molecular complexity index is 2970. The number of azo groups is 1. The van der Waals surface area contributed by atoms with Crippen molar-refractivity contribution < 1.29 is 170 Å². The maximum atomic E-state index is 12.4. The Morgan fingerprint density at radius 3 is 1.65 bits per heavy atom. The fourth-order valence-electron chi connectivity index (χ4n) is 5.09. The van der Waals surface area contributed by atoms with Crippen LogP contribution in [0.5, 0.6) is 0 Å². The van der Waals surface area contributed by atoms with E-state index in [-0.39, 0.29) is 168 Å². The van der Waals surface area contributed by atoms with Crippen LogP contribution in [0.15, 0.2) is 116 Å². The van der Waals surface area contributed by atoms with Gasteiger partial charge < -0.3 is 23.5 Å². The van der Waals surface area contributed by atoms with Gasteiger partial charge in [-0.05, 0) is 65.7 Å². The summed E-state index contributed by atoms with van der Waals surface area (Å²) in [5, 5.41) is 19.1. The zero-order chi connectivity index (χ0) is 38.3. The molecule has 0 fully saturated rings. The number of fused-ring (bicyclic) bond motifs is 3. The molecule has 0 saturated heterocycles. The van der Waals surface area contributed by atoms with Crippen molar-refractivity contribution in [3.05, 3.63) is 102 Å². The number of benzene rings is 5. The largest absolute Gasteiger partial charge is 1.00 e. The Morgan fingerprint density at radius 1 is 0.579 bits per heavy atom. The van der Waals surface area contributed by atoms with E-state index >= 15 is 0 Å². The van der Waals surface area contributed by atoms with Gasteiger partial charge in [-0.2, -0.15) is 15.0 Å². The van der Waals surface area contributed by atoms with Crippen LogP contribution in [0, 0.1) is 0 Å². The van der Waals surface area contributed by atoms with Crippen molar-refractivity contribution >= 4 is 91.5 Å². The van der Waals surface area contributed by atoms with Gasteiger partial charge in [-0.15, -0.1) is 10.2 Å². The van der Waals surface area contributed by atoms with Gasteiger partial charge in [-0.25, -0.2) is 33.7 Å². The second-order valence-electron chi connectivity index (χ2n) is 11.0. The van der Waals surface area contributed by atoms with Crippen LogP contribution in [-0.2, 0) is 40.5 Å². The van der Waals surface area contributed by atoms with E-state index in [0.717, 1.165) is 35.1 Å². The molecule has 0 saturated carbocycles. The summed E-state index contributed by atoms with van der Waals surface area (Å²) >= 11 is 0. The molecule has 57 heavy (non-hydrogen) atoms. The Hall–Kier alpha value is -1.46. The molecule has 1 aromatic heterocycles. The van der Waals surface area contributed by atoms with Gasteiger partial charge in [0.2, 0.25) is 0 Å². The van der Waals surface area contributed by atoms with Crippen LogP contribution in [-0.4, -0.2) is 72.8 Å². The molecule has 0 atom stereocenters. The standard InChI is InChI=1S/C31H24N6O12S4.4Na/c38-50(39,40)18-32-21-10-12-22(13-11-21)33-34-23-9-7-19(28(15-23)51(41,42)43)5-6-20-8-14-24(16-29(20)52(44,45)46)37-35-27-17-30(53(47,48)49)25-3-1-2-4-26(25)31(27)36-37;;;;/h1-17,32H,18H2,(H,38,39,40)(H,41,42,43)(H,44,45,46)(H,47,48,49);;;;/q;4*+1/p-4/b6-5+,34-33?;;;;. The third-order valence-corrected chi connectivity index (χ3v) is 10.6. The first-order valence-electron chi connectivity index (χ1n) is 14.6. The summed E-state index contributed by atoms with van der Waals surface area (Å²) in [6.45, 7) is 0. The summed E-state index contributed by atoms with van der Waals surface area (Å²) in [5.41, 5.74) is 0.239. The van der Waals surface area contributed by atoms with Crippen LogP contribution in [0.1, 0.15) is 11.1 Å². The molecule has 0 unspecified atom stereocenters. The number of nitrogens with zero attached hydrogens (tertiary/aromatic N) is 5. The van der Waals surface area contributed by atoms with E-state index in [9.17, 15) is 51.9 Å². The van der Waals surface area contributed by atoms with Crippen LogP contribution in [0.4, 0.5) is 17.1 Å². The zero-order valence-corrected chi connectivity index (χ0v) is 41.6. The fourth-order valence-corrected chi connectivity index (χ4v) is 7.52. The molecule has 0 radical (unpaired) electrons. The predicted octanol–water partition coefficient (Wildman–Crippen LogP) is -8.20. The summed E-state index contributed by atoms with van der Waals surface area (Å²) in [4.78, 5) is -1.10. The first-order chi connectivity index (χ1) is 24.8. The van der Waals surface area contributed by atoms with E-state index < -0.39 is 61.0 Å². The van der Waals surface area contributed by atoms with E-state index in [2.05, 4.69) is 25.7 Å². The monoisotopic (exact) mass is 888 g/mol. The minimum Gasteiger partial charge on any atom is -0.747 e. The Balaban J connectivity index is 0.00000280. The molecule has 5 aromatic carbocycles. The van der Waals surface area contributed by atoms with Gasteiger partial charge in [-0.3, -0.25) is 0 Å². The molecule has 18 nitrogen and oxygen atoms in total. The number of nitrogens with one attached hydrogen (secondary N) is 1. The van der Waals surface area contributed by atoms with E-state index in [1.807, 2.05) is 0 Å². The van der Waals surface area contributed by atoms with Crippen LogP contribution >= 0.6 is 0 Å². The van der Waals surface area contributed by atoms with Crippen LogP contribution in [0.25, 0.3) is 39.6 Å². The van der Waals surface area contributed by atoms with Gasteiger partial charge in [0.05, 0.1) is 31.7 Å². The second-order valence-corrected chi connectivity index (χ2v) is 16.5. The van der Waals surface area contributed by atoms with Gasteiger partial charge in [0.15, 0.2) is 0 Å². The molecular formula is C31H20N6Na4O12S4. The first-order valence-corrected chi connectivity index (χ1v) is 20.4. The van der Waals surface area contributed by atoms with Gasteiger partial charge in [0.1, 0.15) is 57.4 Å². The molecular weight excluding hydrogens is 869 g/mol. The normalized spacial score (nSPS) is 12.1. The molecule has 1 N–H and O–H groups in total. The molecule has 0 aliphatic rings. The molecule has 0 amide bonds. The van der Waals surface area contributed by atoms with Crippen molar-refractivity contribution in [3.63, 3.8) is 0 Å². The van der Waals surface area contributed by atoms with Crippen molar-refractivity contribution in [2.24, 2.45) is 10.2 Å². The van der Waals surface area contributed by atoms with E-state index in [0.29, 0.717) is 5.69 Å². The summed E-state index contributed by atoms with van der Waals surface area (Å²) in [7, 11) is -19.8. The zero-order valence-electron chi connectivity index (χ0n) is 30.3. The van der Waals surface area contributed by atoms with Crippen LogP contribution in [0.2, 0.25) is 0 Å². The number of hydrogen-bond acceptors (Lipinski definition) is 17. The van der Waals surface area contributed by atoms with E-state index in [1.54, 1.807) is 6.07 Å². The molecule has 6 aromatic rings. The number of anilines is 1. The summed E-state index contributed by atoms with van der Waals surface area (Å²) in [6, 6.07) is 19.7. The molecule has 0 aliphatic heterocycles. The van der Waals surface area contributed by atoms with Crippen molar-refractivity contribution in [1.82, 2.24) is 15.0 Å². The van der Waals surface area contributed by atoms with Crippen molar-refractivity contribution in [2.45, 2.75) is 14.7 Å². The molecule has 6 rings (SSSR count). The second kappa shape index (κ2) is 20.4. The molecule has 0 spiro atoms. The number of rotatable bonds is 11. The Morgan fingerprint density at radius 2 is 1.09 bits per heavy atom.